The van der Waals surface area contributed by atoms with Gasteiger partial charge in [0.05, 0.1) is 22.7 Å². The number of carbonyl (C=O) groups is 1. The molecule has 3 aliphatic rings. The first-order chi connectivity index (χ1) is 27.4. The number of nitrogens with zero attached hydrogens (tertiary/aromatic N) is 5. The molecule has 3 aromatic heterocycles. The van der Waals surface area contributed by atoms with Crippen molar-refractivity contribution in [3.05, 3.63) is 99.8 Å². The second-order valence-electron chi connectivity index (χ2n) is 15.6. The number of Topliss-reactive ketones (excluding diaryl/α,β-unsaturated/α-hetero) is 1. The molecule has 304 valence electrons. The molecule has 4 heterocycles. The number of pyridine rings is 1. The molecule has 0 radical (unpaired) electrons. The van der Waals surface area contributed by atoms with Crippen molar-refractivity contribution >= 4 is 32.1 Å². The Labute approximate surface area is 329 Å². The molecule has 0 N–H and O–H groups in total. The Morgan fingerprint density at radius 1 is 1.07 bits per heavy atom. The maximum Gasteiger partial charge on any atom is 0.435 e. The third kappa shape index (κ3) is 7.78. The summed E-state index contributed by atoms with van der Waals surface area (Å²) < 4.78 is 123. The highest BCUT2D eigenvalue weighted by Crippen LogP contribution is 2.68. The number of ether oxygens (including phenoxy) is 1. The monoisotopic (exact) mass is 825 g/mol. The summed E-state index contributed by atoms with van der Waals surface area (Å²) in [7, 11) is -0.789. The molecule has 2 aromatic carbocycles. The number of rotatable bonds is 10. The molecule has 2 fully saturated rings. The van der Waals surface area contributed by atoms with Gasteiger partial charge in [0.15, 0.2) is 11.5 Å². The molecule has 0 bridgehead atoms. The summed E-state index contributed by atoms with van der Waals surface area (Å²) in [4.78, 5) is 19.0. The minimum Gasteiger partial charge on any atom is -0.381 e. The van der Waals surface area contributed by atoms with Crippen LogP contribution in [-0.2, 0) is 56.9 Å². The van der Waals surface area contributed by atoms with E-state index in [1.165, 1.54) is 6.26 Å². The molecule has 8 nitrogen and oxygen atoms in total. The minimum atomic E-state index is -5.02. The van der Waals surface area contributed by atoms with E-state index in [4.69, 9.17) is 9.72 Å². The fourth-order valence-electron chi connectivity index (χ4n) is 8.50. The first kappa shape index (κ1) is 39.8. The fourth-order valence-corrected chi connectivity index (χ4v) is 9.29. The van der Waals surface area contributed by atoms with E-state index in [9.17, 15) is 31.0 Å². The number of aryl methyl sites for hydroxylation is 1. The van der Waals surface area contributed by atoms with Crippen LogP contribution in [0.4, 0.5) is 30.7 Å². The number of hydrogen-bond acceptors (Lipinski definition) is 6. The topological polar surface area (TPSA) is 91.9 Å². The maximum absolute atomic E-state index is 15.5. The van der Waals surface area contributed by atoms with Crippen LogP contribution in [0.3, 0.4) is 0 Å². The normalized spacial score (nSPS) is 20.2. The van der Waals surface area contributed by atoms with Crippen LogP contribution in [0.2, 0.25) is 0 Å². The molecule has 2 aliphatic carbocycles. The summed E-state index contributed by atoms with van der Waals surface area (Å²) in [6, 6.07) is 11.8. The van der Waals surface area contributed by atoms with Crippen molar-refractivity contribution in [2.45, 2.75) is 68.3 Å². The van der Waals surface area contributed by atoms with Crippen LogP contribution in [0.1, 0.15) is 77.1 Å². The van der Waals surface area contributed by atoms with E-state index in [2.05, 4.69) is 27.9 Å². The Bertz CT molecular complexity index is 2610. The van der Waals surface area contributed by atoms with Gasteiger partial charge in [-0.3, -0.25) is 18.4 Å². The summed E-state index contributed by atoms with van der Waals surface area (Å²) in [6.45, 7) is 0.211. The summed E-state index contributed by atoms with van der Waals surface area (Å²) in [6.07, 6.45) is -2.80. The van der Waals surface area contributed by atoms with Gasteiger partial charge >= 0.3 is 6.18 Å². The van der Waals surface area contributed by atoms with Gasteiger partial charge in [-0.2, -0.15) is 32.1 Å². The van der Waals surface area contributed by atoms with Gasteiger partial charge in [-0.1, -0.05) is 24.1 Å². The number of halogens is 7. The average Bonchev–Trinajstić information content (AvgIpc) is 3.69. The Kier molecular flexibility index (Phi) is 10.1. The quantitative estimate of drug-likeness (QED) is 0.0807. The van der Waals surface area contributed by atoms with Gasteiger partial charge in [0, 0.05) is 78.8 Å². The first-order valence-corrected chi connectivity index (χ1v) is 21.1. The van der Waals surface area contributed by atoms with Crippen molar-refractivity contribution in [2.24, 2.45) is 18.9 Å². The van der Waals surface area contributed by atoms with Gasteiger partial charge in [-0.15, -0.1) is 0 Å². The number of ketones is 1. The van der Waals surface area contributed by atoms with E-state index in [-0.39, 0.29) is 35.8 Å². The zero-order chi connectivity index (χ0) is 41.3. The van der Waals surface area contributed by atoms with Gasteiger partial charge in [0.2, 0.25) is 0 Å². The molecular weight excluding hydrogens is 788 g/mol. The Hall–Kier alpha value is -5.01. The summed E-state index contributed by atoms with van der Waals surface area (Å²) in [5.74, 6) is 0.880. The van der Waals surface area contributed by atoms with E-state index >= 15 is 8.78 Å². The van der Waals surface area contributed by atoms with Crippen molar-refractivity contribution in [3.63, 3.8) is 0 Å². The number of aromatic nitrogens is 5. The fraction of sp³-hybridized carbons (Fsp3) is 0.405. The zero-order valence-electron chi connectivity index (χ0n) is 31.5. The van der Waals surface area contributed by atoms with Crippen LogP contribution in [0.25, 0.3) is 22.0 Å². The van der Waals surface area contributed by atoms with Crippen LogP contribution in [0.15, 0.2) is 48.5 Å². The highest BCUT2D eigenvalue weighted by atomic mass is 32.2. The van der Waals surface area contributed by atoms with Crippen LogP contribution in [-0.4, -0.2) is 59.9 Å². The van der Waals surface area contributed by atoms with E-state index in [1.54, 1.807) is 36.0 Å². The highest BCUT2D eigenvalue weighted by molar-refractivity contribution is 7.98. The lowest BCUT2D eigenvalue weighted by Crippen LogP contribution is -2.24. The van der Waals surface area contributed by atoms with Crippen LogP contribution >= 0.6 is 0 Å². The van der Waals surface area contributed by atoms with Crippen LogP contribution in [0, 0.1) is 35.3 Å². The van der Waals surface area contributed by atoms with E-state index in [0.717, 1.165) is 25.0 Å². The lowest BCUT2D eigenvalue weighted by Gasteiger charge is -2.21. The molecule has 4 atom stereocenters. The number of alkyl halides is 5. The molecular formula is C42H38F7N5O3S. The smallest absolute Gasteiger partial charge is 0.381 e. The Balaban J connectivity index is 1.25. The minimum absolute atomic E-state index is 0.0383. The largest absolute Gasteiger partial charge is 0.435 e. The number of para-hydroxylation sites is 1. The zero-order valence-corrected chi connectivity index (χ0v) is 32.3. The maximum atomic E-state index is 15.5. The van der Waals surface area contributed by atoms with Crippen LogP contribution in [0.5, 0.6) is 0 Å². The summed E-state index contributed by atoms with van der Waals surface area (Å²) in [5, 5.41) is 8.86. The van der Waals surface area contributed by atoms with E-state index in [0.29, 0.717) is 57.4 Å². The van der Waals surface area contributed by atoms with Gasteiger partial charge in [0.1, 0.15) is 29.6 Å². The van der Waals surface area contributed by atoms with Crippen molar-refractivity contribution in [2.75, 3.05) is 19.5 Å². The highest BCUT2D eigenvalue weighted by Gasteiger charge is 2.68. The lowest BCUT2D eigenvalue weighted by atomic mass is 9.86. The molecule has 5 aromatic rings. The molecule has 8 rings (SSSR count). The first-order valence-electron chi connectivity index (χ1n) is 18.8. The molecule has 1 unspecified atom stereocenters. The Morgan fingerprint density at radius 2 is 1.79 bits per heavy atom. The van der Waals surface area contributed by atoms with Gasteiger partial charge < -0.3 is 4.74 Å². The van der Waals surface area contributed by atoms with Crippen LogP contribution < -0.4 is 0 Å². The molecule has 0 amide bonds. The van der Waals surface area contributed by atoms with Crippen molar-refractivity contribution in [1.82, 2.24) is 24.5 Å². The molecule has 16 heteroatoms. The summed E-state index contributed by atoms with van der Waals surface area (Å²) >= 11 is 0. The second-order valence-corrected chi connectivity index (χ2v) is 18.3. The van der Waals surface area contributed by atoms with Crippen molar-refractivity contribution < 1.29 is 44.5 Å². The van der Waals surface area contributed by atoms with Gasteiger partial charge in [-0.25, -0.2) is 13.8 Å². The van der Waals surface area contributed by atoms with Crippen molar-refractivity contribution in [3.8, 4) is 23.0 Å². The standard InChI is InChI=1S/C42H38F7N5O3S/c1-53-38-31(5-4-6-32(38)35(51-53)22-58(2,3)56)30-10-9-28(8-7-23-11-13-57-14-12-23)50-37(30)25(15-24-16-26(43)19-27(44)17-24)18-29(55)21-54-40-36(39(52-54)42(47,48)49)33-20-34(33)41(40,45)46/h4-6,9-10,16-17,19,23,25,33-34H,2,11-15,18,20-22H2,1,3H3/t25-,33+,34-,58?/m1/s1. The molecule has 1 saturated heterocycles. The summed E-state index contributed by atoms with van der Waals surface area (Å²) in [5.41, 5.74) is 0.111. The number of carbonyl (C=O) groups excluding carboxylic acids is 1. The lowest BCUT2D eigenvalue weighted by molar-refractivity contribution is -0.142. The van der Waals surface area contributed by atoms with Gasteiger partial charge in [-0.05, 0) is 82.7 Å². The molecule has 1 aliphatic heterocycles. The predicted molar refractivity (Wildman–Crippen MR) is 204 cm³/mol. The third-order valence-electron chi connectivity index (χ3n) is 11.0. The number of benzene rings is 2. The van der Waals surface area contributed by atoms with Gasteiger partial charge in [0.25, 0.3) is 5.92 Å². The second kappa shape index (κ2) is 14.7. The Morgan fingerprint density at radius 3 is 2.48 bits per heavy atom. The number of hydrogen-bond donors (Lipinski definition) is 0. The molecule has 58 heavy (non-hydrogen) atoms. The van der Waals surface area contributed by atoms with E-state index < -0.39 is 86.7 Å². The molecule has 0 spiro atoms. The van der Waals surface area contributed by atoms with Crippen molar-refractivity contribution in [1.29, 1.82) is 0 Å². The predicted octanol–water partition coefficient (Wildman–Crippen LogP) is 7.95. The SMILES string of the molecule is C=S(C)(=O)Cc1nn(C)c2c(-c3ccc(C#CC4CCOCC4)nc3[C@@H](CC(=O)Cn3nc(C(F)(F)F)c4c3C(F)(F)[C@@H]3C[C@H]43)Cc3cc(F)cc(F)c3)cccc12. The number of fused-ring (bicyclic) bond motifs is 4. The van der Waals surface area contributed by atoms with E-state index in [1.807, 2.05) is 6.07 Å². The third-order valence-corrected chi connectivity index (χ3v) is 11.9. The molecule has 1 saturated carbocycles. The average molecular weight is 826 g/mol.